The molecule has 0 radical (unpaired) electrons. The van der Waals surface area contributed by atoms with Crippen LogP contribution >= 0.6 is 11.6 Å². The number of allylic oxidation sites excluding steroid dienone is 1. The minimum Gasteiger partial charge on any atom is -0.373 e. The Hall–Kier alpha value is -1.85. The fourth-order valence-electron chi connectivity index (χ4n) is 7.49. The molecule has 172 valence electrons. The smallest absolute Gasteiger partial charge is 0.326 e. The number of benzene rings is 1. The predicted octanol–water partition coefficient (Wildman–Crippen LogP) is 5.90. The minimum absolute atomic E-state index is 0.0412. The summed E-state index contributed by atoms with van der Waals surface area (Å²) in [5.41, 5.74) is 1.64. The Morgan fingerprint density at radius 1 is 1.22 bits per heavy atom. The molecular weight excluding hydrogens is 424 g/mol. The second-order valence-electron chi connectivity index (χ2n) is 10.8. The highest BCUT2D eigenvalue weighted by molar-refractivity contribution is 6.30. The maximum absolute atomic E-state index is 13.6. The minimum atomic E-state index is -0.433. The van der Waals surface area contributed by atoms with Gasteiger partial charge in [0.1, 0.15) is 6.10 Å². The molecule has 0 spiro atoms. The molecule has 0 aromatic heterocycles. The van der Waals surface area contributed by atoms with Gasteiger partial charge >= 0.3 is 6.03 Å². The Balaban J connectivity index is 1.53. The Morgan fingerprint density at radius 2 is 2.03 bits per heavy atom. The first-order valence-corrected chi connectivity index (χ1v) is 12.3. The van der Waals surface area contributed by atoms with Crippen molar-refractivity contribution < 1.29 is 14.3 Å². The molecular formula is C26H33ClN2O3. The van der Waals surface area contributed by atoms with Crippen LogP contribution in [0.2, 0.25) is 5.02 Å². The van der Waals surface area contributed by atoms with Crippen LogP contribution in [0.15, 0.2) is 36.0 Å². The molecule has 3 fully saturated rings. The number of carbonyl (C=O) groups excluding carboxylic acids is 2. The fourth-order valence-corrected chi connectivity index (χ4v) is 7.69. The summed E-state index contributed by atoms with van der Waals surface area (Å²) in [4.78, 5) is 28.2. The molecule has 2 amide bonds. The van der Waals surface area contributed by atoms with Crippen molar-refractivity contribution in [2.45, 2.75) is 58.5 Å². The summed E-state index contributed by atoms with van der Waals surface area (Å²) in [6, 6.07) is 7.02. The number of methoxy groups -OCH3 is 1. The molecule has 1 heterocycles. The van der Waals surface area contributed by atoms with Crippen LogP contribution in [0.4, 0.5) is 10.5 Å². The molecule has 5 rings (SSSR count). The Labute approximate surface area is 195 Å². The van der Waals surface area contributed by atoms with Gasteiger partial charge in [-0.05, 0) is 73.5 Å². The number of halogens is 1. The monoisotopic (exact) mass is 456 g/mol. The highest BCUT2D eigenvalue weighted by Gasteiger charge is 2.60. The number of fused-ring (bicyclic) bond motifs is 5. The fraction of sp³-hybridized carbons (Fsp3) is 0.615. The lowest BCUT2D eigenvalue weighted by atomic mass is 9.50. The van der Waals surface area contributed by atoms with Gasteiger partial charge in [0.05, 0.1) is 0 Å². The molecule has 32 heavy (non-hydrogen) atoms. The number of ketones is 1. The number of hydrogen-bond donors (Lipinski definition) is 1. The number of anilines is 1. The van der Waals surface area contributed by atoms with Crippen molar-refractivity contribution in [2.75, 3.05) is 19.0 Å². The van der Waals surface area contributed by atoms with Crippen molar-refractivity contribution in [3.05, 3.63) is 41.1 Å². The Kier molecular flexibility index (Phi) is 5.41. The average Bonchev–Trinajstić information content (AvgIpc) is 3.15. The third-order valence-electron chi connectivity index (χ3n) is 9.12. The number of piperidine rings is 1. The standard InChI is InChI=1S/C26H33ClN2O3/c1-25-10-5-8-19(25)18-15-29(24(31)28-17-7-4-6-16(27)12-17)23-13-21(30)22(32-3)14-26(23,2)20(18)9-11-25/h4,6-7,12-13,18-20,22H,5,8-11,14-15H2,1-3H3,(H,28,31)/t18-,19-,20-,22?,25-,26+/m0/s1. The number of hydrogen-bond acceptors (Lipinski definition) is 3. The van der Waals surface area contributed by atoms with E-state index in [1.807, 2.05) is 17.0 Å². The highest BCUT2D eigenvalue weighted by Crippen LogP contribution is 2.64. The third kappa shape index (κ3) is 3.40. The van der Waals surface area contributed by atoms with Gasteiger partial charge in [-0.1, -0.05) is 37.9 Å². The number of urea groups is 1. The van der Waals surface area contributed by atoms with E-state index >= 15 is 0 Å². The average molecular weight is 457 g/mol. The zero-order valence-electron chi connectivity index (χ0n) is 19.2. The molecule has 6 heteroatoms. The number of likely N-dealkylation sites (tertiary alicyclic amines) is 1. The molecule has 1 N–H and O–H groups in total. The van der Waals surface area contributed by atoms with Gasteiger partial charge < -0.3 is 10.1 Å². The first-order valence-electron chi connectivity index (χ1n) is 11.9. The van der Waals surface area contributed by atoms with Crippen LogP contribution in [0.3, 0.4) is 0 Å². The number of ether oxygens (including phenoxy) is 1. The normalized spacial score (nSPS) is 38.4. The summed E-state index contributed by atoms with van der Waals surface area (Å²) in [6.45, 7) is 5.38. The summed E-state index contributed by atoms with van der Waals surface area (Å²) >= 11 is 6.13. The van der Waals surface area contributed by atoms with Gasteiger partial charge in [0, 0.05) is 41.6 Å². The molecule has 1 unspecified atom stereocenters. The lowest BCUT2D eigenvalue weighted by Crippen LogP contribution is -2.60. The summed E-state index contributed by atoms with van der Waals surface area (Å²) in [5, 5.41) is 3.61. The van der Waals surface area contributed by atoms with Crippen molar-refractivity contribution >= 4 is 29.1 Å². The topological polar surface area (TPSA) is 58.6 Å². The zero-order chi connectivity index (χ0) is 22.7. The first kappa shape index (κ1) is 22.0. The van der Waals surface area contributed by atoms with Gasteiger partial charge in [-0.25, -0.2) is 4.79 Å². The van der Waals surface area contributed by atoms with Crippen molar-refractivity contribution in [3.63, 3.8) is 0 Å². The number of nitrogens with one attached hydrogen (secondary N) is 1. The molecule has 1 aromatic rings. The van der Waals surface area contributed by atoms with E-state index < -0.39 is 6.10 Å². The highest BCUT2D eigenvalue weighted by atomic mass is 35.5. The van der Waals surface area contributed by atoms with E-state index in [0.717, 1.165) is 12.1 Å². The van der Waals surface area contributed by atoms with E-state index in [0.29, 0.717) is 46.8 Å². The second kappa shape index (κ2) is 7.88. The van der Waals surface area contributed by atoms with Gasteiger partial charge in [-0.15, -0.1) is 0 Å². The van der Waals surface area contributed by atoms with Crippen molar-refractivity contribution in [1.82, 2.24) is 4.90 Å². The van der Waals surface area contributed by atoms with Gasteiger partial charge in [-0.3, -0.25) is 9.69 Å². The van der Waals surface area contributed by atoms with E-state index in [2.05, 4.69) is 19.2 Å². The second-order valence-corrected chi connectivity index (χ2v) is 11.2. The summed E-state index contributed by atoms with van der Waals surface area (Å²) < 4.78 is 5.58. The van der Waals surface area contributed by atoms with Crippen LogP contribution in [0, 0.1) is 28.6 Å². The van der Waals surface area contributed by atoms with Crippen molar-refractivity contribution in [2.24, 2.45) is 28.6 Å². The van der Waals surface area contributed by atoms with Crippen LogP contribution in [-0.4, -0.2) is 36.5 Å². The summed E-state index contributed by atoms with van der Waals surface area (Å²) in [5.74, 6) is 1.49. The van der Waals surface area contributed by atoms with E-state index in [9.17, 15) is 9.59 Å². The van der Waals surface area contributed by atoms with E-state index in [1.165, 1.54) is 25.7 Å². The molecule has 6 atom stereocenters. The number of carbonyl (C=O) groups is 2. The molecule has 1 aliphatic heterocycles. The predicted molar refractivity (Wildman–Crippen MR) is 125 cm³/mol. The number of rotatable bonds is 2. The van der Waals surface area contributed by atoms with Crippen molar-refractivity contribution in [3.8, 4) is 0 Å². The molecule has 1 saturated heterocycles. The molecule has 4 aliphatic rings. The summed E-state index contributed by atoms with van der Waals surface area (Å²) in [7, 11) is 1.61. The molecule has 0 bridgehead atoms. The summed E-state index contributed by atoms with van der Waals surface area (Å²) in [6.07, 6.45) is 8.09. The lowest BCUT2D eigenvalue weighted by Gasteiger charge is -2.60. The quantitative estimate of drug-likeness (QED) is 0.602. The third-order valence-corrected chi connectivity index (χ3v) is 9.35. The van der Waals surface area contributed by atoms with Crippen LogP contribution < -0.4 is 5.32 Å². The van der Waals surface area contributed by atoms with E-state index in [4.69, 9.17) is 16.3 Å². The number of nitrogens with zero attached hydrogens (tertiary/aromatic N) is 1. The van der Waals surface area contributed by atoms with Gasteiger partial charge in [0.2, 0.25) is 0 Å². The van der Waals surface area contributed by atoms with Crippen LogP contribution in [-0.2, 0) is 9.53 Å². The zero-order valence-corrected chi connectivity index (χ0v) is 20.0. The van der Waals surface area contributed by atoms with Crippen LogP contribution in [0.25, 0.3) is 0 Å². The number of amides is 2. The van der Waals surface area contributed by atoms with Gasteiger partial charge in [0.15, 0.2) is 5.78 Å². The van der Waals surface area contributed by atoms with Crippen LogP contribution in [0.1, 0.15) is 52.4 Å². The maximum atomic E-state index is 13.6. The van der Waals surface area contributed by atoms with Gasteiger partial charge in [0.25, 0.3) is 0 Å². The Morgan fingerprint density at radius 3 is 2.78 bits per heavy atom. The molecule has 1 aromatic carbocycles. The largest absolute Gasteiger partial charge is 0.373 e. The van der Waals surface area contributed by atoms with E-state index in [1.54, 1.807) is 25.3 Å². The maximum Gasteiger partial charge on any atom is 0.326 e. The van der Waals surface area contributed by atoms with Gasteiger partial charge in [-0.2, -0.15) is 0 Å². The first-order chi connectivity index (χ1) is 15.2. The van der Waals surface area contributed by atoms with Crippen LogP contribution in [0.5, 0.6) is 0 Å². The van der Waals surface area contributed by atoms with E-state index in [-0.39, 0.29) is 17.2 Å². The Bertz CT molecular complexity index is 978. The SMILES string of the molecule is COC1C[C@@]2(C)C(=CC1=O)N(C(=O)Nc1cccc(Cl)c1)C[C@H]1[C@@H]3CCC[C@@]3(C)CC[C@@H]12. The lowest BCUT2D eigenvalue weighted by molar-refractivity contribution is -0.132. The molecule has 5 nitrogen and oxygen atoms in total. The molecule has 2 saturated carbocycles. The van der Waals surface area contributed by atoms with Crippen molar-refractivity contribution in [1.29, 1.82) is 0 Å². The molecule has 3 aliphatic carbocycles.